The van der Waals surface area contributed by atoms with Crippen molar-refractivity contribution < 1.29 is 8.78 Å². The maximum atomic E-state index is 13.0. The summed E-state index contributed by atoms with van der Waals surface area (Å²) < 4.78 is 27.4. The first kappa shape index (κ1) is 14.6. The molecule has 18 heavy (non-hydrogen) atoms. The number of alkyl halides is 2. The minimum absolute atomic E-state index is 0.0775. The predicted molar refractivity (Wildman–Crippen MR) is 65.8 cm³/mol. The zero-order valence-electron chi connectivity index (χ0n) is 10.5. The molecule has 0 saturated heterocycles. The number of hydrogen-bond acceptors (Lipinski definition) is 4. The number of halogens is 2. The molecule has 3 N–H and O–H groups in total. The molecule has 7 heteroatoms. The quantitative estimate of drug-likeness (QED) is 0.797. The first-order valence-corrected chi connectivity index (χ1v) is 5.73. The summed E-state index contributed by atoms with van der Waals surface area (Å²) in [5.41, 5.74) is 4.51. The molecule has 1 rings (SSSR count). The lowest BCUT2D eigenvalue weighted by Gasteiger charge is -2.15. The minimum atomic E-state index is -3.05. The van der Waals surface area contributed by atoms with E-state index < -0.39 is 24.6 Å². The molecule has 0 aromatic carbocycles. The lowest BCUT2D eigenvalue weighted by atomic mass is 10.2. The lowest BCUT2D eigenvalue weighted by Crippen LogP contribution is -2.37. The van der Waals surface area contributed by atoms with Crippen molar-refractivity contribution in [2.75, 3.05) is 18.4 Å². The molecular weight excluding hydrogens is 242 g/mol. The third-order valence-electron chi connectivity index (χ3n) is 2.29. The van der Waals surface area contributed by atoms with Gasteiger partial charge in [-0.25, -0.2) is 13.8 Å². The molecular formula is C11H18F2N4O. The van der Waals surface area contributed by atoms with Crippen molar-refractivity contribution in [3.63, 3.8) is 0 Å². The smallest absolute Gasteiger partial charge is 0.293 e. The summed E-state index contributed by atoms with van der Waals surface area (Å²) in [7, 11) is 0. The fourth-order valence-corrected chi connectivity index (χ4v) is 1.39. The van der Waals surface area contributed by atoms with E-state index in [0.29, 0.717) is 6.54 Å². The molecule has 0 aliphatic rings. The number of rotatable bonds is 6. The van der Waals surface area contributed by atoms with E-state index in [1.165, 1.54) is 17.0 Å². The maximum Gasteiger partial charge on any atom is 0.293 e. The Morgan fingerprint density at radius 2 is 2.22 bits per heavy atom. The molecule has 0 fully saturated rings. The van der Waals surface area contributed by atoms with Crippen LogP contribution in [-0.4, -0.2) is 28.6 Å². The average molecular weight is 260 g/mol. The SMILES string of the molecule is CC(C)Cn1ccnc(NCC(F)(F)CN)c1=O. The van der Waals surface area contributed by atoms with Gasteiger partial charge in [-0.2, -0.15) is 0 Å². The summed E-state index contributed by atoms with van der Waals surface area (Å²) in [6.07, 6.45) is 2.95. The Kier molecular flexibility index (Phi) is 4.77. The highest BCUT2D eigenvalue weighted by atomic mass is 19.3. The summed E-state index contributed by atoms with van der Waals surface area (Å²) >= 11 is 0. The standard InChI is InChI=1S/C11H18F2N4O/c1-8(2)5-17-4-3-15-9(10(17)18)16-7-11(12,13)6-14/h3-4,8H,5-7,14H2,1-2H3,(H,15,16). The van der Waals surface area contributed by atoms with Crippen LogP contribution in [0.5, 0.6) is 0 Å². The molecule has 1 heterocycles. The van der Waals surface area contributed by atoms with E-state index in [4.69, 9.17) is 5.73 Å². The van der Waals surface area contributed by atoms with Crippen molar-refractivity contribution in [2.24, 2.45) is 11.7 Å². The molecule has 1 aromatic rings. The average Bonchev–Trinajstić information content (AvgIpc) is 2.30. The highest BCUT2D eigenvalue weighted by Gasteiger charge is 2.26. The molecule has 0 spiro atoms. The van der Waals surface area contributed by atoms with Gasteiger partial charge in [-0.15, -0.1) is 0 Å². The van der Waals surface area contributed by atoms with Crippen molar-refractivity contribution in [2.45, 2.75) is 26.3 Å². The predicted octanol–water partition coefficient (Wildman–Crippen LogP) is 0.905. The van der Waals surface area contributed by atoms with Gasteiger partial charge in [0.05, 0.1) is 13.1 Å². The van der Waals surface area contributed by atoms with Gasteiger partial charge < -0.3 is 15.6 Å². The van der Waals surface area contributed by atoms with Gasteiger partial charge in [0.25, 0.3) is 11.5 Å². The van der Waals surface area contributed by atoms with Crippen molar-refractivity contribution in [3.05, 3.63) is 22.7 Å². The Labute approximate surface area is 104 Å². The van der Waals surface area contributed by atoms with Crippen LogP contribution >= 0.6 is 0 Å². The van der Waals surface area contributed by atoms with Crippen molar-refractivity contribution in [3.8, 4) is 0 Å². The second kappa shape index (κ2) is 5.90. The monoisotopic (exact) mass is 260 g/mol. The van der Waals surface area contributed by atoms with Crippen LogP contribution in [0, 0.1) is 5.92 Å². The zero-order valence-corrected chi connectivity index (χ0v) is 10.5. The molecule has 5 nitrogen and oxygen atoms in total. The maximum absolute atomic E-state index is 13.0. The van der Waals surface area contributed by atoms with Crippen LogP contribution in [-0.2, 0) is 6.54 Å². The molecule has 0 aliphatic carbocycles. The van der Waals surface area contributed by atoms with E-state index in [0.717, 1.165) is 0 Å². The molecule has 0 atom stereocenters. The third-order valence-corrected chi connectivity index (χ3v) is 2.29. The summed E-state index contributed by atoms with van der Waals surface area (Å²) in [6, 6.07) is 0. The van der Waals surface area contributed by atoms with E-state index in [1.54, 1.807) is 0 Å². The van der Waals surface area contributed by atoms with Gasteiger partial charge in [-0.05, 0) is 5.92 Å². The molecule has 0 radical (unpaired) electrons. The van der Waals surface area contributed by atoms with Gasteiger partial charge in [0.15, 0.2) is 5.82 Å². The second-order valence-electron chi connectivity index (χ2n) is 4.54. The number of anilines is 1. The zero-order chi connectivity index (χ0) is 13.8. The number of aromatic nitrogens is 2. The number of nitrogens with two attached hydrogens (primary N) is 1. The second-order valence-corrected chi connectivity index (χ2v) is 4.54. The fraction of sp³-hybridized carbons (Fsp3) is 0.636. The first-order chi connectivity index (χ1) is 8.35. The third kappa shape index (κ3) is 4.06. The van der Waals surface area contributed by atoms with Crippen LogP contribution in [0.1, 0.15) is 13.8 Å². The first-order valence-electron chi connectivity index (χ1n) is 5.73. The van der Waals surface area contributed by atoms with Crippen molar-refractivity contribution in [1.82, 2.24) is 9.55 Å². The Morgan fingerprint density at radius 3 is 2.78 bits per heavy atom. The van der Waals surface area contributed by atoms with Gasteiger partial charge in [-0.1, -0.05) is 13.8 Å². The molecule has 0 amide bonds. The molecule has 102 valence electrons. The van der Waals surface area contributed by atoms with Gasteiger partial charge in [0.1, 0.15) is 0 Å². The normalized spacial score (nSPS) is 11.9. The van der Waals surface area contributed by atoms with Gasteiger partial charge in [0, 0.05) is 18.9 Å². The van der Waals surface area contributed by atoms with E-state index in [9.17, 15) is 13.6 Å². The summed E-state index contributed by atoms with van der Waals surface area (Å²) in [4.78, 5) is 15.6. The van der Waals surface area contributed by atoms with Gasteiger partial charge >= 0.3 is 0 Å². The van der Waals surface area contributed by atoms with E-state index in [2.05, 4.69) is 10.3 Å². The molecule has 0 aliphatic heterocycles. The number of hydrogen-bond donors (Lipinski definition) is 2. The van der Waals surface area contributed by atoms with Gasteiger partial charge in [0.2, 0.25) is 0 Å². The van der Waals surface area contributed by atoms with Crippen molar-refractivity contribution >= 4 is 5.82 Å². The summed E-state index contributed by atoms with van der Waals surface area (Å²) in [5.74, 6) is -2.85. The van der Waals surface area contributed by atoms with Crippen LogP contribution < -0.4 is 16.6 Å². The minimum Gasteiger partial charge on any atom is -0.359 e. The van der Waals surface area contributed by atoms with Crippen LogP contribution in [0.15, 0.2) is 17.2 Å². The molecule has 1 aromatic heterocycles. The van der Waals surface area contributed by atoms with E-state index >= 15 is 0 Å². The number of nitrogens with one attached hydrogen (secondary N) is 1. The molecule has 0 unspecified atom stereocenters. The van der Waals surface area contributed by atoms with Gasteiger partial charge in [-0.3, -0.25) is 4.79 Å². The van der Waals surface area contributed by atoms with Crippen LogP contribution in [0.3, 0.4) is 0 Å². The topological polar surface area (TPSA) is 72.9 Å². The molecule has 0 bridgehead atoms. The van der Waals surface area contributed by atoms with E-state index in [1.807, 2.05) is 13.8 Å². The van der Waals surface area contributed by atoms with Crippen LogP contribution in [0.4, 0.5) is 14.6 Å². The van der Waals surface area contributed by atoms with Crippen LogP contribution in [0.2, 0.25) is 0 Å². The Balaban J connectivity index is 2.81. The highest BCUT2D eigenvalue weighted by Crippen LogP contribution is 2.10. The van der Waals surface area contributed by atoms with Crippen LogP contribution in [0.25, 0.3) is 0 Å². The summed E-state index contributed by atoms with van der Waals surface area (Å²) in [6.45, 7) is 2.97. The Bertz CT molecular complexity index is 445. The summed E-state index contributed by atoms with van der Waals surface area (Å²) in [5, 5.41) is 2.34. The largest absolute Gasteiger partial charge is 0.359 e. The fourth-order valence-electron chi connectivity index (χ4n) is 1.39. The van der Waals surface area contributed by atoms with Crippen molar-refractivity contribution in [1.29, 1.82) is 0 Å². The Hall–Kier alpha value is -1.50. The number of nitrogens with zero attached hydrogens (tertiary/aromatic N) is 2. The van der Waals surface area contributed by atoms with E-state index in [-0.39, 0.29) is 11.7 Å². The Morgan fingerprint density at radius 1 is 1.56 bits per heavy atom. The lowest BCUT2D eigenvalue weighted by molar-refractivity contribution is 0.0252. The highest BCUT2D eigenvalue weighted by molar-refractivity contribution is 5.31. The molecule has 0 saturated carbocycles.